The van der Waals surface area contributed by atoms with Crippen LogP contribution in [0, 0.1) is 0 Å². The van der Waals surface area contributed by atoms with Crippen molar-refractivity contribution in [2.75, 3.05) is 0 Å². The maximum absolute atomic E-state index is 9.56. The van der Waals surface area contributed by atoms with Crippen LogP contribution in [0.3, 0.4) is 0 Å². The molecule has 2 heteroatoms. The van der Waals surface area contributed by atoms with Gasteiger partial charge in [0.25, 0.3) is 0 Å². The lowest BCUT2D eigenvalue weighted by atomic mass is 10.0. The highest BCUT2D eigenvalue weighted by Gasteiger charge is 2.26. The standard InChI is InChI=1S/C9H12.C3H2O2/c1-8(2)9-6-4-3-5-7-9;1-2-3(4)5-2/h3-8H,1-2H3;1H2. The summed E-state index contributed by atoms with van der Waals surface area (Å²) < 4.78 is 4.08. The zero-order chi connectivity index (χ0) is 10.6. The lowest BCUT2D eigenvalue weighted by Crippen LogP contribution is -1.83. The summed E-state index contributed by atoms with van der Waals surface area (Å²) in [6.07, 6.45) is 0. The average molecular weight is 190 g/mol. The van der Waals surface area contributed by atoms with Gasteiger partial charge in [-0.3, -0.25) is 0 Å². The van der Waals surface area contributed by atoms with Crippen LogP contribution in [0.2, 0.25) is 0 Å². The number of hydrogen-bond acceptors (Lipinski definition) is 2. The molecule has 0 spiro atoms. The van der Waals surface area contributed by atoms with Crippen molar-refractivity contribution in [1.82, 2.24) is 0 Å². The Morgan fingerprint density at radius 3 is 1.86 bits per heavy atom. The number of cyclic esters (lactones) is 1. The second-order valence-electron chi connectivity index (χ2n) is 3.38. The molecule has 1 heterocycles. The fourth-order valence-corrected chi connectivity index (χ4v) is 0.924. The Balaban J connectivity index is 0.000000165. The number of carbonyl (C=O) groups excluding carboxylic acids is 1. The number of ether oxygens (including phenoxy) is 1. The van der Waals surface area contributed by atoms with Crippen molar-refractivity contribution >= 4 is 5.97 Å². The van der Waals surface area contributed by atoms with Gasteiger partial charge in [-0.25, -0.2) is 4.79 Å². The Morgan fingerprint density at radius 2 is 1.64 bits per heavy atom. The molecule has 0 radical (unpaired) electrons. The first-order valence-electron chi connectivity index (χ1n) is 4.57. The highest BCUT2D eigenvalue weighted by molar-refractivity contribution is 5.99. The van der Waals surface area contributed by atoms with Crippen molar-refractivity contribution in [2.24, 2.45) is 0 Å². The van der Waals surface area contributed by atoms with Crippen molar-refractivity contribution in [3.8, 4) is 0 Å². The van der Waals surface area contributed by atoms with Gasteiger partial charge in [0.05, 0.1) is 0 Å². The van der Waals surface area contributed by atoms with E-state index in [1.165, 1.54) is 5.56 Å². The summed E-state index contributed by atoms with van der Waals surface area (Å²) in [6, 6.07) is 10.5. The van der Waals surface area contributed by atoms with Crippen LogP contribution in [0.15, 0.2) is 42.7 Å². The summed E-state index contributed by atoms with van der Waals surface area (Å²) in [5.74, 6) is 0.668. The molecule has 0 aliphatic carbocycles. The van der Waals surface area contributed by atoms with E-state index in [-0.39, 0.29) is 11.7 Å². The van der Waals surface area contributed by atoms with Gasteiger partial charge in [-0.05, 0) is 18.1 Å². The number of carbonyl (C=O) groups is 1. The molecule has 74 valence electrons. The van der Waals surface area contributed by atoms with Crippen molar-refractivity contribution < 1.29 is 9.53 Å². The van der Waals surface area contributed by atoms with Gasteiger partial charge < -0.3 is 4.74 Å². The molecule has 2 nitrogen and oxygen atoms in total. The number of rotatable bonds is 1. The van der Waals surface area contributed by atoms with Crippen molar-refractivity contribution in [1.29, 1.82) is 0 Å². The molecular formula is C12H14O2. The smallest absolute Gasteiger partial charge is 0.379 e. The summed E-state index contributed by atoms with van der Waals surface area (Å²) in [6.45, 7) is 7.58. The van der Waals surface area contributed by atoms with Crippen LogP contribution in [-0.4, -0.2) is 5.97 Å². The third-order valence-electron chi connectivity index (χ3n) is 1.87. The summed E-state index contributed by atoms with van der Waals surface area (Å²) in [7, 11) is 0. The van der Waals surface area contributed by atoms with Crippen LogP contribution in [0.25, 0.3) is 0 Å². The molecular weight excluding hydrogens is 176 g/mol. The summed E-state index contributed by atoms with van der Waals surface area (Å²) >= 11 is 0. The molecule has 1 saturated heterocycles. The lowest BCUT2D eigenvalue weighted by Gasteiger charge is -2.01. The molecule has 0 unspecified atom stereocenters. The third-order valence-corrected chi connectivity index (χ3v) is 1.87. The van der Waals surface area contributed by atoms with E-state index in [1.54, 1.807) is 0 Å². The molecule has 1 aromatic carbocycles. The van der Waals surface area contributed by atoms with Crippen LogP contribution < -0.4 is 0 Å². The SMILES string of the molecule is C=C1OC1=O.CC(C)c1ccccc1. The first-order chi connectivity index (χ1) is 6.61. The Hall–Kier alpha value is -1.57. The van der Waals surface area contributed by atoms with Gasteiger partial charge in [-0.2, -0.15) is 0 Å². The van der Waals surface area contributed by atoms with Crippen molar-refractivity contribution in [3.05, 3.63) is 48.2 Å². The maximum atomic E-state index is 9.56. The molecule has 0 saturated carbocycles. The molecule has 0 aromatic heterocycles. The van der Waals surface area contributed by atoms with Crippen LogP contribution in [-0.2, 0) is 9.53 Å². The topological polar surface area (TPSA) is 29.6 Å². The van der Waals surface area contributed by atoms with Gasteiger partial charge in [0.2, 0.25) is 5.76 Å². The first kappa shape index (κ1) is 10.5. The second kappa shape index (κ2) is 4.61. The fourth-order valence-electron chi connectivity index (χ4n) is 0.924. The molecule has 0 bridgehead atoms. The molecule has 14 heavy (non-hydrogen) atoms. The van der Waals surface area contributed by atoms with Gasteiger partial charge in [0.1, 0.15) is 0 Å². The van der Waals surface area contributed by atoms with E-state index in [4.69, 9.17) is 0 Å². The van der Waals surface area contributed by atoms with Gasteiger partial charge in [0.15, 0.2) is 0 Å². The highest BCUT2D eigenvalue weighted by atomic mass is 16.6. The molecule has 1 aromatic rings. The van der Waals surface area contributed by atoms with E-state index in [0.29, 0.717) is 5.92 Å². The second-order valence-corrected chi connectivity index (χ2v) is 3.38. The van der Waals surface area contributed by atoms with E-state index >= 15 is 0 Å². The molecule has 1 aliphatic rings. The summed E-state index contributed by atoms with van der Waals surface area (Å²) in [5.41, 5.74) is 1.41. The molecule has 0 amide bonds. The van der Waals surface area contributed by atoms with Gasteiger partial charge in [-0.1, -0.05) is 44.2 Å². The average Bonchev–Trinajstić information content (AvgIpc) is 2.82. The maximum Gasteiger partial charge on any atom is 0.379 e. The van der Waals surface area contributed by atoms with Crippen LogP contribution >= 0.6 is 0 Å². The quantitative estimate of drug-likeness (QED) is 0.503. The lowest BCUT2D eigenvalue weighted by molar-refractivity contribution is -0.117. The fraction of sp³-hybridized carbons (Fsp3) is 0.250. The van der Waals surface area contributed by atoms with Crippen LogP contribution in [0.5, 0.6) is 0 Å². The van der Waals surface area contributed by atoms with E-state index in [1.807, 2.05) is 6.07 Å². The zero-order valence-electron chi connectivity index (χ0n) is 8.49. The molecule has 0 N–H and O–H groups in total. The van der Waals surface area contributed by atoms with E-state index in [9.17, 15) is 4.79 Å². The van der Waals surface area contributed by atoms with Crippen molar-refractivity contribution in [2.45, 2.75) is 19.8 Å². The Kier molecular flexibility index (Phi) is 3.46. The minimum absolute atomic E-state index is 0.273. The van der Waals surface area contributed by atoms with E-state index < -0.39 is 0 Å². The Morgan fingerprint density at radius 1 is 1.21 bits per heavy atom. The molecule has 1 aliphatic heterocycles. The molecule has 1 fully saturated rings. The number of hydrogen-bond donors (Lipinski definition) is 0. The molecule has 2 rings (SSSR count). The Labute approximate surface area is 84.2 Å². The van der Waals surface area contributed by atoms with Gasteiger partial charge in [-0.15, -0.1) is 0 Å². The van der Waals surface area contributed by atoms with Crippen LogP contribution in [0.1, 0.15) is 25.3 Å². The van der Waals surface area contributed by atoms with Gasteiger partial charge >= 0.3 is 5.97 Å². The predicted molar refractivity (Wildman–Crippen MR) is 55.8 cm³/mol. The van der Waals surface area contributed by atoms with Crippen LogP contribution in [0.4, 0.5) is 0 Å². The van der Waals surface area contributed by atoms with Crippen molar-refractivity contribution in [3.63, 3.8) is 0 Å². The largest absolute Gasteiger partial charge is 0.414 e. The molecule has 0 atom stereocenters. The normalized spacial score (nSPS) is 13.1. The minimum Gasteiger partial charge on any atom is -0.414 e. The number of epoxide rings is 1. The highest BCUT2D eigenvalue weighted by Crippen LogP contribution is 2.12. The van der Waals surface area contributed by atoms with E-state index in [0.717, 1.165) is 0 Å². The number of benzene rings is 1. The van der Waals surface area contributed by atoms with E-state index in [2.05, 4.69) is 49.4 Å². The Bertz CT molecular complexity index is 313. The minimum atomic E-state index is -0.273. The zero-order valence-corrected chi connectivity index (χ0v) is 8.49. The summed E-state index contributed by atoms with van der Waals surface area (Å²) in [4.78, 5) is 9.56. The predicted octanol–water partition coefficient (Wildman–Crippen LogP) is 2.87. The van der Waals surface area contributed by atoms with Gasteiger partial charge in [0, 0.05) is 0 Å². The summed E-state index contributed by atoms with van der Waals surface area (Å²) in [5, 5.41) is 0. The third kappa shape index (κ3) is 3.44. The first-order valence-corrected chi connectivity index (χ1v) is 4.57. The monoisotopic (exact) mass is 190 g/mol.